The Hall–Kier alpha value is -0.710. The fourth-order valence-corrected chi connectivity index (χ4v) is 4.38. The third-order valence-corrected chi connectivity index (χ3v) is 5.77. The van der Waals surface area contributed by atoms with Crippen molar-refractivity contribution in [2.24, 2.45) is 5.92 Å². The number of rotatable bonds is 6. The number of benzene rings is 1. The van der Waals surface area contributed by atoms with E-state index in [1.807, 2.05) is 0 Å². The Bertz CT molecular complexity index is 537. The SMILES string of the molecule is COc1ccc(CCO[C@H]2CCCCC2N2CC[C@H](C)C2)cc1C.S. The van der Waals surface area contributed by atoms with Gasteiger partial charge < -0.3 is 9.47 Å². The zero-order chi connectivity index (χ0) is 16.9. The van der Waals surface area contributed by atoms with Crippen LogP contribution >= 0.6 is 13.5 Å². The molecule has 1 saturated heterocycles. The molecule has 0 bridgehead atoms. The Morgan fingerprint density at radius 1 is 1.16 bits per heavy atom. The fourth-order valence-electron chi connectivity index (χ4n) is 4.38. The van der Waals surface area contributed by atoms with Crippen LogP contribution in [0.2, 0.25) is 0 Å². The largest absolute Gasteiger partial charge is 0.496 e. The molecule has 0 spiro atoms. The monoisotopic (exact) mass is 365 g/mol. The van der Waals surface area contributed by atoms with Gasteiger partial charge in [0.1, 0.15) is 5.75 Å². The quantitative estimate of drug-likeness (QED) is 0.749. The fraction of sp³-hybridized carbons (Fsp3) is 0.714. The Morgan fingerprint density at radius 2 is 1.96 bits per heavy atom. The van der Waals surface area contributed by atoms with Crippen molar-refractivity contribution in [2.45, 2.75) is 64.5 Å². The summed E-state index contributed by atoms with van der Waals surface area (Å²) in [5.41, 5.74) is 2.55. The highest BCUT2D eigenvalue weighted by Crippen LogP contribution is 2.30. The second-order valence-corrected chi connectivity index (χ2v) is 7.70. The van der Waals surface area contributed by atoms with Gasteiger partial charge in [-0.1, -0.05) is 31.9 Å². The number of methoxy groups -OCH3 is 1. The van der Waals surface area contributed by atoms with Gasteiger partial charge in [0, 0.05) is 12.6 Å². The summed E-state index contributed by atoms with van der Waals surface area (Å²) in [4.78, 5) is 2.70. The topological polar surface area (TPSA) is 21.7 Å². The highest BCUT2D eigenvalue weighted by Gasteiger charge is 2.33. The molecule has 1 heterocycles. The first-order valence-electron chi connectivity index (χ1n) is 9.66. The molecule has 4 heteroatoms. The van der Waals surface area contributed by atoms with Crippen molar-refractivity contribution in [1.82, 2.24) is 4.90 Å². The summed E-state index contributed by atoms with van der Waals surface area (Å²) < 4.78 is 11.7. The molecule has 0 N–H and O–H groups in total. The molecule has 1 aliphatic carbocycles. The molecule has 0 aromatic heterocycles. The van der Waals surface area contributed by atoms with Crippen LogP contribution in [0.4, 0.5) is 0 Å². The van der Waals surface area contributed by atoms with Gasteiger partial charge in [-0.05, 0) is 62.3 Å². The number of likely N-dealkylation sites (tertiary alicyclic amines) is 1. The van der Waals surface area contributed by atoms with Crippen LogP contribution in [0.15, 0.2) is 18.2 Å². The standard InChI is InChI=1S/C21H33NO2.H2S/c1-16-10-12-22(15-16)19-6-4-5-7-21(19)24-13-11-18-8-9-20(23-3)17(2)14-18;/h8-9,14,16,19,21H,4-7,10-13,15H2,1-3H3;1H2/t16-,19?,21-;/m0./s1. The average molecular weight is 366 g/mol. The molecule has 25 heavy (non-hydrogen) atoms. The number of aryl methyl sites for hydroxylation is 1. The van der Waals surface area contributed by atoms with Gasteiger partial charge in [-0.15, -0.1) is 0 Å². The van der Waals surface area contributed by atoms with Crippen LogP contribution in [0, 0.1) is 12.8 Å². The second kappa shape index (κ2) is 9.84. The highest BCUT2D eigenvalue weighted by atomic mass is 32.1. The summed E-state index contributed by atoms with van der Waals surface area (Å²) in [5.74, 6) is 1.82. The molecule has 3 nitrogen and oxygen atoms in total. The predicted octanol–water partition coefficient (Wildman–Crippen LogP) is 4.33. The molecule has 1 aromatic carbocycles. The van der Waals surface area contributed by atoms with E-state index < -0.39 is 0 Å². The maximum atomic E-state index is 6.37. The van der Waals surface area contributed by atoms with E-state index in [4.69, 9.17) is 9.47 Å². The van der Waals surface area contributed by atoms with Crippen molar-refractivity contribution in [3.63, 3.8) is 0 Å². The van der Waals surface area contributed by atoms with Crippen molar-refractivity contribution in [2.75, 3.05) is 26.8 Å². The summed E-state index contributed by atoms with van der Waals surface area (Å²) in [6.45, 7) is 7.85. The molecule has 1 saturated carbocycles. The molecule has 3 atom stereocenters. The average Bonchev–Trinajstić information content (AvgIpc) is 3.02. The first-order valence-corrected chi connectivity index (χ1v) is 9.66. The molecular formula is C21H35NO2S. The Balaban J connectivity index is 0.00000225. The van der Waals surface area contributed by atoms with Crippen LogP contribution in [0.5, 0.6) is 5.75 Å². The van der Waals surface area contributed by atoms with Crippen molar-refractivity contribution in [3.8, 4) is 5.75 Å². The zero-order valence-electron chi connectivity index (χ0n) is 16.1. The molecule has 142 valence electrons. The van der Waals surface area contributed by atoms with Crippen molar-refractivity contribution < 1.29 is 9.47 Å². The minimum absolute atomic E-state index is 0. The van der Waals surface area contributed by atoms with Gasteiger partial charge in [-0.3, -0.25) is 4.90 Å². The number of ether oxygens (including phenoxy) is 2. The summed E-state index contributed by atoms with van der Waals surface area (Å²) >= 11 is 0. The number of hydrogen-bond donors (Lipinski definition) is 0. The summed E-state index contributed by atoms with van der Waals surface area (Å²) in [7, 11) is 1.73. The lowest BCUT2D eigenvalue weighted by molar-refractivity contribution is -0.0298. The van der Waals surface area contributed by atoms with E-state index in [9.17, 15) is 0 Å². The van der Waals surface area contributed by atoms with E-state index in [1.165, 1.54) is 56.3 Å². The lowest BCUT2D eigenvalue weighted by Gasteiger charge is -2.38. The molecular weight excluding hydrogens is 330 g/mol. The predicted molar refractivity (Wildman–Crippen MR) is 109 cm³/mol. The number of nitrogens with zero attached hydrogens (tertiary/aromatic N) is 1. The van der Waals surface area contributed by atoms with Crippen molar-refractivity contribution >= 4 is 13.5 Å². The molecule has 0 radical (unpaired) electrons. The van der Waals surface area contributed by atoms with Crippen molar-refractivity contribution in [1.29, 1.82) is 0 Å². The van der Waals surface area contributed by atoms with Gasteiger partial charge in [0.05, 0.1) is 19.8 Å². The minimum Gasteiger partial charge on any atom is -0.496 e. The first-order chi connectivity index (χ1) is 11.7. The van der Waals surface area contributed by atoms with Gasteiger partial charge in [0.2, 0.25) is 0 Å². The zero-order valence-corrected chi connectivity index (χ0v) is 17.1. The summed E-state index contributed by atoms with van der Waals surface area (Å²) in [6, 6.07) is 7.11. The molecule has 2 aliphatic rings. The molecule has 0 amide bonds. The number of hydrogen-bond acceptors (Lipinski definition) is 3. The van der Waals surface area contributed by atoms with Crippen molar-refractivity contribution in [3.05, 3.63) is 29.3 Å². The summed E-state index contributed by atoms with van der Waals surface area (Å²) in [6.07, 6.45) is 8.03. The molecule has 2 fully saturated rings. The van der Waals surface area contributed by atoms with Gasteiger partial charge in [0.25, 0.3) is 0 Å². The summed E-state index contributed by atoms with van der Waals surface area (Å²) in [5, 5.41) is 0. The lowest BCUT2D eigenvalue weighted by atomic mass is 9.91. The molecule has 1 aliphatic heterocycles. The third-order valence-electron chi connectivity index (χ3n) is 5.77. The van der Waals surface area contributed by atoms with Gasteiger partial charge >= 0.3 is 0 Å². The Labute approximate surface area is 160 Å². The Morgan fingerprint density at radius 3 is 2.64 bits per heavy atom. The molecule has 1 unspecified atom stereocenters. The second-order valence-electron chi connectivity index (χ2n) is 7.70. The van der Waals surface area contributed by atoms with Crippen LogP contribution in [0.25, 0.3) is 0 Å². The van der Waals surface area contributed by atoms with Gasteiger partial charge in [-0.2, -0.15) is 13.5 Å². The van der Waals surface area contributed by atoms with Gasteiger partial charge in [0.15, 0.2) is 0 Å². The maximum absolute atomic E-state index is 6.37. The van der Waals surface area contributed by atoms with E-state index in [2.05, 4.69) is 36.9 Å². The molecule has 3 rings (SSSR count). The van der Waals surface area contributed by atoms with E-state index in [1.54, 1.807) is 7.11 Å². The minimum atomic E-state index is 0. The normalized spacial score (nSPS) is 27.1. The highest BCUT2D eigenvalue weighted by molar-refractivity contribution is 7.59. The van der Waals surface area contributed by atoms with Crippen LogP contribution in [0.3, 0.4) is 0 Å². The van der Waals surface area contributed by atoms with E-state index in [-0.39, 0.29) is 13.5 Å². The molecule has 1 aromatic rings. The van der Waals surface area contributed by atoms with Gasteiger partial charge in [-0.25, -0.2) is 0 Å². The van der Waals surface area contributed by atoms with Crippen LogP contribution in [0.1, 0.15) is 50.2 Å². The van der Waals surface area contributed by atoms with Crippen LogP contribution in [-0.2, 0) is 11.2 Å². The van der Waals surface area contributed by atoms with Crippen LogP contribution in [-0.4, -0.2) is 43.9 Å². The van der Waals surface area contributed by atoms with Crippen LogP contribution < -0.4 is 4.74 Å². The van der Waals surface area contributed by atoms with E-state index >= 15 is 0 Å². The van der Waals surface area contributed by atoms with E-state index in [0.717, 1.165) is 24.7 Å². The third kappa shape index (κ3) is 5.38. The first kappa shape index (κ1) is 20.6. The maximum Gasteiger partial charge on any atom is 0.121 e. The lowest BCUT2D eigenvalue weighted by Crippen LogP contribution is -2.45. The van der Waals surface area contributed by atoms with E-state index in [0.29, 0.717) is 12.1 Å². The smallest absolute Gasteiger partial charge is 0.121 e. The Kier molecular flexibility index (Phi) is 8.11.